The van der Waals surface area contributed by atoms with E-state index >= 15 is 0 Å². The van der Waals surface area contributed by atoms with Gasteiger partial charge in [0.15, 0.2) is 0 Å². The van der Waals surface area contributed by atoms with Crippen molar-refractivity contribution in [1.29, 1.82) is 0 Å². The Morgan fingerprint density at radius 2 is 1.46 bits per heavy atom. The number of benzene rings is 2. The minimum Gasteiger partial charge on any atom is -0.379 e. The Hall–Kier alpha value is -1.78. The minimum atomic E-state index is -3.60. The van der Waals surface area contributed by atoms with Crippen molar-refractivity contribution in [3.05, 3.63) is 60.2 Å². The molecule has 2 aromatic rings. The molecule has 140 valence electrons. The smallest absolute Gasteiger partial charge is 0.243 e. The molecule has 0 aliphatic carbocycles. The highest BCUT2D eigenvalue weighted by atomic mass is 32.2. The maximum Gasteiger partial charge on any atom is 0.243 e. The van der Waals surface area contributed by atoms with Gasteiger partial charge in [0, 0.05) is 19.6 Å². The molecule has 0 atom stereocenters. The van der Waals surface area contributed by atoms with Gasteiger partial charge in [-0.05, 0) is 29.8 Å². The van der Waals surface area contributed by atoms with Crippen LogP contribution in [-0.4, -0.2) is 47.4 Å². The normalized spacial score (nSPS) is 16.5. The van der Waals surface area contributed by atoms with E-state index in [0.29, 0.717) is 31.9 Å². The van der Waals surface area contributed by atoms with E-state index in [1.54, 1.807) is 30.3 Å². The molecule has 9 heteroatoms. The van der Waals surface area contributed by atoms with Crippen molar-refractivity contribution in [2.75, 3.05) is 26.3 Å². The molecular formula is C17H20N2O5S2. The van der Waals surface area contributed by atoms with Crippen molar-refractivity contribution in [2.45, 2.75) is 16.3 Å². The van der Waals surface area contributed by atoms with E-state index in [4.69, 9.17) is 4.74 Å². The van der Waals surface area contributed by atoms with Gasteiger partial charge < -0.3 is 4.74 Å². The Balaban J connectivity index is 1.68. The van der Waals surface area contributed by atoms with Gasteiger partial charge in [0.05, 0.1) is 23.0 Å². The van der Waals surface area contributed by atoms with Gasteiger partial charge in [-0.15, -0.1) is 0 Å². The molecule has 1 fully saturated rings. The van der Waals surface area contributed by atoms with E-state index < -0.39 is 20.0 Å². The standard InChI is InChI=1S/C17H20N2O5S2/c20-25(21,16-4-2-1-3-5-16)18-14-15-6-8-17(9-7-15)26(22,23)19-10-12-24-13-11-19/h1-9,18H,10-14H2. The summed E-state index contributed by atoms with van der Waals surface area (Å²) in [6, 6.07) is 14.3. The number of rotatable bonds is 6. The van der Waals surface area contributed by atoms with Crippen LogP contribution in [0.2, 0.25) is 0 Å². The van der Waals surface area contributed by atoms with E-state index in [1.165, 1.54) is 28.6 Å². The molecule has 0 amide bonds. The first kappa shape index (κ1) is 19.0. The molecule has 26 heavy (non-hydrogen) atoms. The van der Waals surface area contributed by atoms with Crippen LogP contribution in [0.5, 0.6) is 0 Å². The Kier molecular flexibility index (Phi) is 5.73. The molecule has 1 heterocycles. The zero-order valence-corrected chi connectivity index (χ0v) is 15.7. The van der Waals surface area contributed by atoms with Crippen molar-refractivity contribution in [3.8, 4) is 0 Å². The summed E-state index contributed by atoms with van der Waals surface area (Å²) in [5, 5.41) is 0. The summed E-state index contributed by atoms with van der Waals surface area (Å²) < 4.78 is 58.6. The number of nitrogens with zero attached hydrogens (tertiary/aromatic N) is 1. The molecular weight excluding hydrogens is 376 g/mol. The van der Waals surface area contributed by atoms with Crippen molar-refractivity contribution >= 4 is 20.0 Å². The lowest BCUT2D eigenvalue weighted by Gasteiger charge is -2.26. The van der Waals surface area contributed by atoms with Crippen molar-refractivity contribution in [3.63, 3.8) is 0 Å². The number of nitrogens with one attached hydrogen (secondary N) is 1. The van der Waals surface area contributed by atoms with Gasteiger partial charge in [-0.3, -0.25) is 0 Å². The Labute approximate surface area is 153 Å². The summed E-state index contributed by atoms with van der Waals surface area (Å²) >= 11 is 0. The summed E-state index contributed by atoms with van der Waals surface area (Å²) in [4.78, 5) is 0.376. The number of ether oxygens (including phenoxy) is 1. The molecule has 3 rings (SSSR count). The van der Waals surface area contributed by atoms with Crippen LogP contribution < -0.4 is 4.72 Å². The fourth-order valence-electron chi connectivity index (χ4n) is 2.58. The molecule has 0 unspecified atom stereocenters. The third kappa shape index (κ3) is 4.30. The molecule has 0 saturated carbocycles. The zero-order valence-electron chi connectivity index (χ0n) is 14.0. The first-order valence-corrected chi connectivity index (χ1v) is 11.0. The molecule has 0 radical (unpaired) electrons. The Morgan fingerprint density at radius 3 is 2.08 bits per heavy atom. The van der Waals surface area contributed by atoms with Crippen LogP contribution in [0.1, 0.15) is 5.56 Å². The highest BCUT2D eigenvalue weighted by molar-refractivity contribution is 7.89. The molecule has 1 N–H and O–H groups in total. The van der Waals surface area contributed by atoms with Crippen LogP contribution in [0, 0.1) is 0 Å². The van der Waals surface area contributed by atoms with Gasteiger partial charge in [-0.2, -0.15) is 4.31 Å². The summed E-state index contributed by atoms with van der Waals surface area (Å²) in [5.74, 6) is 0. The van der Waals surface area contributed by atoms with E-state index in [0.717, 1.165) is 0 Å². The maximum absolute atomic E-state index is 12.6. The second kappa shape index (κ2) is 7.85. The lowest BCUT2D eigenvalue weighted by atomic mass is 10.2. The van der Waals surface area contributed by atoms with E-state index in [1.807, 2.05) is 0 Å². The number of hydrogen-bond acceptors (Lipinski definition) is 5. The van der Waals surface area contributed by atoms with Crippen LogP contribution in [0.15, 0.2) is 64.4 Å². The molecule has 1 saturated heterocycles. The monoisotopic (exact) mass is 396 g/mol. The highest BCUT2D eigenvalue weighted by Crippen LogP contribution is 2.18. The number of hydrogen-bond donors (Lipinski definition) is 1. The molecule has 1 aliphatic heterocycles. The third-order valence-corrected chi connectivity index (χ3v) is 7.38. The largest absolute Gasteiger partial charge is 0.379 e. The second-order valence-corrected chi connectivity index (χ2v) is 9.50. The van der Waals surface area contributed by atoms with Crippen LogP contribution in [0.25, 0.3) is 0 Å². The van der Waals surface area contributed by atoms with Crippen LogP contribution in [0.3, 0.4) is 0 Å². The second-order valence-electron chi connectivity index (χ2n) is 5.80. The van der Waals surface area contributed by atoms with Gasteiger partial charge in [0.1, 0.15) is 0 Å². The van der Waals surface area contributed by atoms with E-state index in [-0.39, 0.29) is 16.3 Å². The SMILES string of the molecule is O=S(=O)(NCc1ccc(S(=O)(=O)N2CCOCC2)cc1)c1ccccc1. The topological polar surface area (TPSA) is 92.8 Å². The molecule has 0 aromatic heterocycles. The van der Waals surface area contributed by atoms with Gasteiger partial charge in [-0.25, -0.2) is 21.6 Å². The van der Waals surface area contributed by atoms with Gasteiger partial charge in [0.25, 0.3) is 0 Å². The third-order valence-electron chi connectivity index (χ3n) is 4.05. The molecule has 0 bridgehead atoms. The molecule has 0 spiro atoms. The van der Waals surface area contributed by atoms with Crippen molar-refractivity contribution in [1.82, 2.24) is 9.03 Å². The Morgan fingerprint density at radius 1 is 0.846 bits per heavy atom. The quantitative estimate of drug-likeness (QED) is 0.792. The van der Waals surface area contributed by atoms with Crippen molar-refractivity contribution < 1.29 is 21.6 Å². The summed E-state index contributed by atoms with van der Waals surface area (Å²) in [5.41, 5.74) is 0.672. The predicted molar refractivity (Wildman–Crippen MR) is 96.5 cm³/mol. The van der Waals surface area contributed by atoms with Crippen LogP contribution >= 0.6 is 0 Å². The molecule has 2 aromatic carbocycles. The highest BCUT2D eigenvalue weighted by Gasteiger charge is 2.26. The average Bonchev–Trinajstić information content (AvgIpc) is 2.68. The lowest BCUT2D eigenvalue weighted by Crippen LogP contribution is -2.40. The first-order chi connectivity index (χ1) is 12.4. The molecule has 7 nitrogen and oxygen atoms in total. The van der Waals surface area contributed by atoms with E-state index in [2.05, 4.69) is 4.72 Å². The number of morpholine rings is 1. The lowest BCUT2D eigenvalue weighted by molar-refractivity contribution is 0.0730. The maximum atomic E-state index is 12.6. The summed E-state index contributed by atoms with van der Waals surface area (Å²) in [6.07, 6.45) is 0. The van der Waals surface area contributed by atoms with Gasteiger partial charge in [0.2, 0.25) is 20.0 Å². The fourth-order valence-corrected chi connectivity index (χ4v) is 5.02. The van der Waals surface area contributed by atoms with Crippen LogP contribution in [0.4, 0.5) is 0 Å². The number of sulfonamides is 2. The molecule has 1 aliphatic rings. The van der Waals surface area contributed by atoms with Crippen molar-refractivity contribution in [2.24, 2.45) is 0 Å². The van der Waals surface area contributed by atoms with Gasteiger partial charge in [-0.1, -0.05) is 30.3 Å². The van der Waals surface area contributed by atoms with Gasteiger partial charge >= 0.3 is 0 Å². The van der Waals surface area contributed by atoms with Crippen LogP contribution in [-0.2, 0) is 31.3 Å². The summed E-state index contributed by atoms with van der Waals surface area (Å²) in [7, 11) is -7.15. The fraction of sp³-hybridized carbons (Fsp3) is 0.294. The Bertz CT molecular complexity index is 936. The predicted octanol–water partition coefficient (Wildman–Crippen LogP) is 1.19. The first-order valence-electron chi connectivity index (χ1n) is 8.11. The zero-order chi connectivity index (χ0) is 18.6. The van der Waals surface area contributed by atoms with E-state index in [9.17, 15) is 16.8 Å². The minimum absolute atomic E-state index is 0.0785. The summed E-state index contributed by atoms with van der Waals surface area (Å²) in [6.45, 7) is 1.52. The average molecular weight is 396 g/mol.